The number of nitrogens with one attached hydrogen (secondary N) is 1. The van der Waals surface area contributed by atoms with E-state index in [9.17, 15) is 14.4 Å². The van der Waals surface area contributed by atoms with Crippen LogP contribution in [-0.2, 0) is 19.1 Å². The molecule has 2 amide bonds. The fraction of sp³-hybridized carbons (Fsp3) is 0.389. The van der Waals surface area contributed by atoms with Crippen molar-refractivity contribution in [3.63, 3.8) is 0 Å². The molecule has 0 radical (unpaired) electrons. The van der Waals surface area contributed by atoms with Crippen molar-refractivity contribution >= 4 is 35.2 Å². The maximum absolute atomic E-state index is 12.3. The molecule has 7 heteroatoms. The number of anilines is 1. The summed E-state index contributed by atoms with van der Waals surface area (Å²) >= 11 is 1.59. The van der Waals surface area contributed by atoms with Crippen LogP contribution in [0.1, 0.15) is 13.3 Å². The van der Waals surface area contributed by atoms with Gasteiger partial charge in [0.2, 0.25) is 5.91 Å². The Kier molecular flexibility index (Phi) is 6.64. The normalized spacial score (nSPS) is 17.9. The van der Waals surface area contributed by atoms with Gasteiger partial charge in [0.15, 0.2) is 6.10 Å². The van der Waals surface area contributed by atoms with Gasteiger partial charge in [0.05, 0.1) is 5.92 Å². The predicted molar refractivity (Wildman–Crippen MR) is 97.4 cm³/mol. The SMILES string of the molecule is C=CCNC(=O)[C@H](C)OC(=O)[C@H]1CC(=O)N(c2cccc(SC)c2)C1. The van der Waals surface area contributed by atoms with Crippen LogP contribution in [0.15, 0.2) is 41.8 Å². The standard InChI is InChI=1S/C18H22N2O4S/c1-4-8-19-17(22)12(2)24-18(23)13-9-16(21)20(11-13)14-6-5-7-15(10-14)25-3/h4-7,10,12-13H,1,8-9,11H2,2-3H3,(H,19,22)/t12-,13-/m0/s1. The van der Waals surface area contributed by atoms with Gasteiger partial charge in [-0.3, -0.25) is 14.4 Å². The molecule has 0 spiro atoms. The lowest BCUT2D eigenvalue weighted by atomic mass is 10.1. The molecule has 2 atom stereocenters. The molecule has 1 aromatic carbocycles. The van der Waals surface area contributed by atoms with Crippen LogP contribution in [-0.4, -0.2) is 43.2 Å². The fourth-order valence-corrected chi connectivity index (χ4v) is 2.99. The lowest BCUT2D eigenvalue weighted by molar-refractivity contribution is -0.158. The van der Waals surface area contributed by atoms with Gasteiger partial charge in [0.25, 0.3) is 5.91 Å². The van der Waals surface area contributed by atoms with Crippen molar-refractivity contribution in [3.8, 4) is 0 Å². The monoisotopic (exact) mass is 362 g/mol. The molecular weight excluding hydrogens is 340 g/mol. The van der Waals surface area contributed by atoms with E-state index in [0.29, 0.717) is 6.54 Å². The fourth-order valence-electron chi connectivity index (χ4n) is 2.53. The quantitative estimate of drug-likeness (QED) is 0.456. The number of hydrogen-bond acceptors (Lipinski definition) is 5. The Balaban J connectivity index is 1.98. The first-order chi connectivity index (χ1) is 12.0. The minimum absolute atomic E-state index is 0.0866. The van der Waals surface area contributed by atoms with E-state index in [1.165, 1.54) is 6.92 Å². The summed E-state index contributed by atoms with van der Waals surface area (Å²) in [5.74, 6) is -1.61. The number of nitrogens with zero attached hydrogens (tertiary/aromatic N) is 1. The van der Waals surface area contributed by atoms with E-state index in [1.807, 2.05) is 30.5 Å². The van der Waals surface area contributed by atoms with Gasteiger partial charge in [-0.25, -0.2) is 0 Å². The highest BCUT2D eigenvalue weighted by atomic mass is 32.2. The Morgan fingerprint density at radius 3 is 2.96 bits per heavy atom. The van der Waals surface area contributed by atoms with Crippen LogP contribution in [0.5, 0.6) is 0 Å². The number of carbonyl (C=O) groups excluding carboxylic acids is 3. The third-order valence-corrected chi connectivity index (χ3v) is 4.63. The lowest BCUT2D eigenvalue weighted by Crippen LogP contribution is -2.37. The van der Waals surface area contributed by atoms with Gasteiger partial charge in [0.1, 0.15) is 0 Å². The van der Waals surface area contributed by atoms with Crippen LogP contribution >= 0.6 is 11.8 Å². The summed E-state index contributed by atoms with van der Waals surface area (Å²) in [5.41, 5.74) is 0.768. The van der Waals surface area contributed by atoms with Crippen molar-refractivity contribution in [3.05, 3.63) is 36.9 Å². The minimum atomic E-state index is -0.906. The number of benzene rings is 1. The van der Waals surface area contributed by atoms with Crippen LogP contribution in [0.25, 0.3) is 0 Å². The molecule has 1 aliphatic heterocycles. The molecular formula is C18H22N2O4S. The molecule has 1 aromatic rings. The Hall–Kier alpha value is -2.28. The summed E-state index contributed by atoms with van der Waals surface area (Å²) in [7, 11) is 0. The van der Waals surface area contributed by atoms with Crippen LogP contribution in [0, 0.1) is 5.92 Å². The smallest absolute Gasteiger partial charge is 0.312 e. The summed E-state index contributed by atoms with van der Waals surface area (Å²) in [6.07, 6.45) is 2.69. The highest BCUT2D eigenvalue weighted by Crippen LogP contribution is 2.28. The van der Waals surface area contributed by atoms with Crippen LogP contribution in [0.2, 0.25) is 0 Å². The van der Waals surface area contributed by atoms with Gasteiger partial charge in [-0.2, -0.15) is 0 Å². The first-order valence-electron chi connectivity index (χ1n) is 7.99. The molecule has 1 N–H and O–H groups in total. The number of rotatable bonds is 7. The first-order valence-corrected chi connectivity index (χ1v) is 9.22. The summed E-state index contributed by atoms with van der Waals surface area (Å²) in [6, 6.07) is 7.61. The topological polar surface area (TPSA) is 75.7 Å². The second-order valence-electron chi connectivity index (χ2n) is 5.72. The van der Waals surface area contributed by atoms with E-state index >= 15 is 0 Å². The molecule has 1 saturated heterocycles. The minimum Gasteiger partial charge on any atom is -0.452 e. The van der Waals surface area contributed by atoms with Crippen LogP contribution < -0.4 is 10.2 Å². The third-order valence-electron chi connectivity index (χ3n) is 3.91. The Labute approximate surface area is 151 Å². The first kappa shape index (κ1) is 19.1. The molecule has 2 rings (SSSR count). The Morgan fingerprint density at radius 2 is 2.28 bits per heavy atom. The number of esters is 1. The van der Waals surface area contributed by atoms with Crippen molar-refractivity contribution in [2.75, 3.05) is 24.2 Å². The maximum Gasteiger partial charge on any atom is 0.312 e. The second-order valence-corrected chi connectivity index (χ2v) is 6.60. The molecule has 0 aromatic heterocycles. The van der Waals surface area contributed by atoms with Crippen molar-refractivity contribution in [2.45, 2.75) is 24.3 Å². The summed E-state index contributed by atoms with van der Waals surface area (Å²) < 4.78 is 5.20. The largest absolute Gasteiger partial charge is 0.452 e. The number of thioether (sulfide) groups is 1. The van der Waals surface area contributed by atoms with E-state index in [4.69, 9.17) is 4.74 Å². The number of amides is 2. The average Bonchev–Trinajstić information content (AvgIpc) is 3.01. The highest BCUT2D eigenvalue weighted by molar-refractivity contribution is 7.98. The van der Waals surface area contributed by atoms with Gasteiger partial charge >= 0.3 is 5.97 Å². The van der Waals surface area contributed by atoms with Crippen molar-refractivity contribution in [1.82, 2.24) is 5.32 Å². The van der Waals surface area contributed by atoms with Gasteiger partial charge in [-0.05, 0) is 31.4 Å². The second kappa shape index (κ2) is 8.71. The molecule has 1 aliphatic rings. The Bertz CT molecular complexity index is 677. The molecule has 0 unspecified atom stereocenters. The molecule has 134 valence electrons. The molecule has 25 heavy (non-hydrogen) atoms. The highest BCUT2D eigenvalue weighted by Gasteiger charge is 2.37. The molecule has 0 bridgehead atoms. The molecule has 1 fully saturated rings. The van der Waals surface area contributed by atoms with Gasteiger partial charge in [-0.1, -0.05) is 12.1 Å². The summed E-state index contributed by atoms with van der Waals surface area (Å²) in [6.45, 7) is 5.58. The van der Waals surface area contributed by atoms with E-state index < -0.39 is 18.0 Å². The number of hydrogen-bond donors (Lipinski definition) is 1. The third kappa shape index (κ3) is 4.85. The van der Waals surface area contributed by atoms with E-state index in [2.05, 4.69) is 11.9 Å². The lowest BCUT2D eigenvalue weighted by Gasteiger charge is -2.18. The van der Waals surface area contributed by atoms with E-state index in [-0.39, 0.29) is 24.8 Å². The predicted octanol–water partition coefficient (Wildman–Crippen LogP) is 2.00. The molecule has 0 saturated carbocycles. The Morgan fingerprint density at radius 1 is 1.52 bits per heavy atom. The van der Waals surface area contributed by atoms with Gasteiger partial charge < -0.3 is 15.0 Å². The zero-order valence-electron chi connectivity index (χ0n) is 14.4. The maximum atomic E-state index is 12.3. The van der Waals surface area contributed by atoms with Crippen molar-refractivity contribution in [1.29, 1.82) is 0 Å². The number of ether oxygens (including phenoxy) is 1. The number of carbonyl (C=O) groups is 3. The zero-order chi connectivity index (χ0) is 18.4. The van der Waals surface area contributed by atoms with Crippen LogP contribution in [0.4, 0.5) is 5.69 Å². The van der Waals surface area contributed by atoms with Crippen molar-refractivity contribution < 1.29 is 19.1 Å². The summed E-state index contributed by atoms with van der Waals surface area (Å²) in [4.78, 5) is 38.9. The van der Waals surface area contributed by atoms with Gasteiger partial charge in [0, 0.05) is 30.1 Å². The van der Waals surface area contributed by atoms with Gasteiger partial charge in [-0.15, -0.1) is 18.3 Å². The van der Waals surface area contributed by atoms with E-state index in [1.54, 1.807) is 22.7 Å². The molecule has 1 heterocycles. The average molecular weight is 362 g/mol. The summed E-state index contributed by atoms with van der Waals surface area (Å²) in [5, 5.41) is 2.57. The molecule has 6 nitrogen and oxygen atoms in total. The van der Waals surface area contributed by atoms with E-state index in [0.717, 1.165) is 10.6 Å². The zero-order valence-corrected chi connectivity index (χ0v) is 15.2. The molecule has 0 aliphatic carbocycles. The van der Waals surface area contributed by atoms with Crippen LogP contribution in [0.3, 0.4) is 0 Å². The van der Waals surface area contributed by atoms with Crippen molar-refractivity contribution in [2.24, 2.45) is 5.92 Å².